The summed E-state index contributed by atoms with van der Waals surface area (Å²) in [6.07, 6.45) is 0.685. The van der Waals surface area contributed by atoms with Gasteiger partial charge < -0.3 is 14.8 Å². The predicted molar refractivity (Wildman–Crippen MR) is 131 cm³/mol. The molecule has 3 amide bonds. The number of hydrogen-bond acceptors (Lipinski definition) is 6. The van der Waals surface area contributed by atoms with Crippen LogP contribution in [0.4, 0.5) is 11.4 Å². The molecule has 4 atom stereocenters. The molecular weight excluding hydrogens is 519 g/mol. The summed E-state index contributed by atoms with van der Waals surface area (Å²) < 4.78 is 10.2. The zero-order valence-corrected chi connectivity index (χ0v) is 20.8. The molecule has 2 fully saturated rings. The molecule has 8 nitrogen and oxygen atoms in total. The molecule has 1 aliphatic heterocycles. The molecule has 11 heteroatoms. The van der Waals surface area contributed by atoms with Crippen LogP contribution in [0.1, 0.15) is 23.2 Å². The standard InChI is InChI=1S/C24H21Cl3N2O6/c1-34-20-7-4-13(25)8-19(20)28-21(30)11-35-24(33)12-2-5-14(6-3-12)29-22(31)15-9-17(26)18(27)10-16(15)23(29)32/h2-8,15-18H,9-11H2,1H3,(H,28,30)/t15-,16+,17+,18-. The van der Waals surface area contributed by atoms with E-state index in [2.05, 4.69) is 5.32 Å². The van der Waals surface area contributed by atoms with E-state index in [-0.39, 0.29) is 28.1 Å². The number of nitrogens with one attached hydrogen (secondary N) is 1. The van der Waals surface area contributed by atoms with Crippen molar-refractivity contribution < 1.29 is 28.7 Å². The second-order valence-electron chi connectivity index (χ2n) is 8.24. The Morgan fingerprint density at radius 2 is 1.60 bits per heavy atom. The van der Waals surface area contributed by atoms with Crippen LogP contribution in [0.2, 0.25) is 5.02 Å². The Labute approximate surface area is 216 Å². The summed E-state index contributed by atoms with van der Waals surface area (Å²) in [4.78, 5) is 51.5. The molecule has 0 radical (unpaired) electrons. The molecular formula is C24H21Cl3N2O6. The Kier molecular flexibility index (Phi) is 7.54. The molecule has 2 aromatic rings. The van der Waals surface area contributed by atoms with Crippen LogP contribution in [-0.2, 0) is 19.1 Å². The SMILES string of the molecule is COc1ccc(Cl)cc1NC(=O)COC(=O)c1ccc(N2C(=O)[C@H]3C[C@@H](Cl)[C@@H](Cl)C[C@H]3C2=O)cc1. The largest absolute Gasteiger partial charge is 0.495 e. The first kappa shape index (κ1) is 25.3. The van der Waals surface area contributed by atoms with Crippen molar-refractivity contribution in [3.05, 3.63) is 53.1 Å². The number of esters is 1. The molecule has 35 heavy (non-hydrogen) atoms. The maximum atomic E-state index is 12.9. The zero-order chi connectivity index (χ0) is 25.3. The van der Waals surface area contributed by atoms with Crippen molar-refractivity contribution in [1.82, 2.24) is 0 Å². The van der Waals surface area contributed by atoms with E-state index in [9.17, 15) is 19.2 Å². The lowest BCUT2D eigenvalue weighted by Crippen LogP contribution is -2.34. The highest BCUT2D eigenvalue weighted by Crippen LogP contribution is 2.43. The average Bonchev–Trinajstić information content (AvgIpc) is 3.07. The second-order valence-corrected chi connectivity index (χ2v) is 9.80. The summed E-state index contributed by atoms with van der Waals surface area (Å²) in [5.41, 5.74) is 0.834. The van der Waals surface area contributed by atoms with Crippen molar-refractivity contribution in [2.24, 2.45) is 11.8 Å². The number of benzene rings is 2. The Morgan fingerprint density at radius 1 is 1.00 bits per heavy atom. The predicted octanol–water partition coefficient (Wildman–Crippen LogP) is 4.26. The molecule has 1 saturated carbocycles. The van der Waals surface area contributed by atoms with E-state index in [0.29, 0.717) is 35.0 Å². The lowest BCUT2D eigenvalue weighted by atomic mass is 9.80. The zero-order valence-electron chi connectivity index (χ0n) is 18.5. The van der Waals surface area contributed by atoms with E-state index in [1.165, 1.54) is 37.4 Å². The second kappa shape index (κ2) is 10.4. The number of alkyl halides is 2. The molecule has 1 heterocycles. The number of anilines is 2. The fraction of sp³-hybridized carbons (Fsp3) is 0.333. The van der Waals surface area contributed by atoms with E-state index in [4.69, 9.17) is 44.3 Å². The third kappa shape index (κ3) is 5.24. The molecule has 2 aromatic carbocycles. The molecule has 0 aromatic heterocycles. The minimum Gasteiger partial charge on any atom is -0.495 e. The fourth-order valence-corrected chi connectivity index (χ4v) is 5.04. The smallest absolute Gasteiger partial charge is 0.338 e. The van der Waals surface area contributed by atoms with Gasteiger partial charge in [-0.3, -0.25) is 19.3 Å². The van der Waals surface area contributed by atoms with Crippen molar-refractivity contribution in [3.8, 4) is 5.75 Å². The molecule has 2 aliphatic rings. The first-order valence-corrected chi connectivity index (χ1v) is 12.0. The van der Waals surface area contributed by atoms with Gasteiger partial charge in [-0.05, 0) is 55.3 Å². The molecule has 1 aliphatic carbocycles. The Bertz CT molecular complexity index is 1140. The Hall–Kier alpha value is -2.81. The number of amides is 3. The quantitative estimate of drug-likeness (QED) is 0.334. The van der Waals surface area contributed by atoms with E-state index in [0.717, 1.165) is 4.90 Å². The summed E-state index contributed by atoms with van der Waals surface area (Å²) in [5.74, 6) is -2.56. The number of nitrogens with zero attached hydrogens (tertiary/aromatic N) is 1. The van der Waals surface area contributed by atoms with Crippen LogP contribution in [0.5, 0.6) is 5.75 Å². The third-order valence-corrected chi connectivity index (χ3v) is 7.37. The van der Waals surface area contributed by atoms with Gasteiger partial charge in [-0.1, -0.05) is 11.6 Å². The van der Waals surface area contributed by atoms with Gasteiger partial charge in [0.05, 0.1) is 46.6 Å². The number of ether oxygens (including phenoxy) is 2. The Balaban J connectivity index is 1.37. The molecule has 1 N–H and O–H groups in total. The van der Waals surface area contributed by atoms with Gasteiger partial charge in [0.15, 0.2) is 6.61 Å². The molecule has 0 spiro atoms. The lowest BCUT2D eigenvalue weighted by molar-refractivity contribution is -0.122. The number of methoxy groups -OCH3 is 1. The molecule has 1 saturated heterocycles. The maximum absolute atomic E-state index is 12.9. The highest BCUT2D eigenvalue weighted by molar-refractivity contribution is 6.31. The first-order chi connectivity index (χ1) is 16.7. The maximum Gasteiger partial charge on any atom is 0.338 e. The van der Waals surface area contributed by atoms with Crippen molar-refractivity contribution in [2.45, 2.75) is 23.6 Å². The van der Waals surface area contributed by atoms with Crippen LogP contribution in [0.25, 0.3) is 0 Å². The van der Waals surface area contributed by atoms with Gasteiger partial charge in [-0.2, -0.15) is 0 Å². The summed E-state index contributed by atoms with van der Waals surface area (Å²) in [6.45, 7) is -0.540. The number of fused-ring (bicyclic) bond motifs is 1. The van der Waals surface area contributed by atoms with Gasteiger partial charge in [0.1, 0.15) is 5.75 Å². The normalized spacial score (nSPS) is 23.6. The van der Waals surface area contributed by atoms with Crippen molar-refractivity contribution in [1.29, 1.82) is 0 Å². The monoisotopic (exact) mass is 538 g/mol. The molecule has 4 rings (SSSR count). The van der Waals surface area contributed by atoms with Gasteiger partial charge in [0.25, 0.3) is 5.91 Å². The lowest BCUT2D eigenvalue weighted by Gasteiger charge is -2.28. The third-order valence-electron chi connectivity index (χ3n) is 6.04. The van der Waals surface area contributed by atoms with Gasteiger partial charge in [0.2, 0.25) is 11.8 Å². The van der Waals surface area contributed by atoms with Gasteiger partial charge in [0, 0.05) is 5.02 Å². The van der Waals surface area contributed by atoms with Gasteiger partial charge in [-0.25, -0.2) is 4.79 Å². The van der Waals surface area contributed by atoms with E-state index >= 15 is 0 Å². The minimum absolute atomic E-state index is 0.153. The van der Waals surface area contributed by atoms with Gasteiger partial charge in [-0.15, -0.1) is 23.2 Å². The van der Waals surface area contributed by atoms with E-state index < -0.39 is 30.3 Å². The summed E-state index contributed by atoms with van der Waals surface area (Å²) in [6, 6.07) is 10.5. The van der Waals surface area contributed by atoms with Crippen LogP contribution in [-0.4, -0.2) is 48.2 Å². The average molecular weight is 540 g/mol. The minimum atomic E-state index is -0.743. The molecule has 184 valence electrons. The fourth-order valence-electron chi connectivity index (χ4n) is 4.27. The van der Waals surface area contributed by atoms with Crippen molar-refractivity contribution in [2.75, 3.05) is 23.9 Å². The highest BCUT2D eigenvalue weighted by Gasteiger charge is 2.52. The van der Waals surface area contributed by atoms with Crippen LogP contribution in [0, 0.1) is 11.8 Å². The van der Waals surface area contributed by atoms with Gasteiger partial charge >= 0.3 is 5.97 Å². The molecule has 0 bridgehead atoms. The highest BCUT2D eigenvalue weighted by atomic mass is 35.5. The number of carbonyl (C=O) groups is 4. The van der Waals surface area contributed by atoms with Crippen LogP contribution in [0.15, 0.2) is 42.5 Å². The van der Waals surface area contributed by atoms with Crippen LogP contribution in [0.3, 0.4) is 0 Å². The number of hydrogen-bond donors (Lipinski definition) is 1. The van der Waals surface area contributed by atoms with Crippen LogP contribution < -0.4 is 15.0 Å². The Morgan fingerprint density at radius 3 is 2.17 bits per heavy atom. The number of halogens is 3. The van der Waals surface area contributed by atoms with E-state index in [1.54, 1.807) is 12.1 Å². The summed E-state index contributed by atoms with van der Waals surface area (Å²) in [5, 5.41) is 2.23. The summed E-state index contributed by atoms with van der Waals surface area (Å²) >= 11 is 18.4. The first-order valence-electron chi connectivity index (χ1n) is 10.8. The van der Waals surface area contributed by atoms with Crippen LogP contribution >= 0.6 is 34.8 Å². The number of imide groups is 1. The topological polar surface area (TPSA) is 102 Å². The number of carbonyl (C=O) groups excluding carboxylic acids is 4. The summed E-state index contributed by atoms with van der Waals surface area (Å²) in [7, 11) is 1.45. The van der Waals surface area contributed by atoms with Crippen molar-refractivity contribution >= 4 is 69.9 Å². The number of rotatable bonds is 6. The van der Waals surface area contributed by atoms with E-state index in [1.807, 2.05) is 0 Å². The molecule has 0 unspecified atom stereocenters. The van der Waals surface area contributed by atoms with Crippen molar-refractivity contribution in [3.63, 3.8) is 0 Å².